The first-order valence-electron chi connectivity index (χ1n) is 7.26. The Balaban J connectivity index is 1.37. The third-order valence-electron chi connectivity index (χ3n) is 4.72. The third kappa shape index (κ3) is 1.81. The molecule has 2 heterocycles. The van der Waals surface area contributed by atoms with Crippen LogP contribution in [0, 0.1) is 16.7 Å². The van der Waals surface area contributed by atoms with Gasteiger partial charge in [-0.15, -0.1) is 0 Å². The second-order valence-corrected chi connectivity index (χ2v) is 6.33. The number of hydrogen-bond acceptors (Lipinski definition) is 4. The number of ether oxygens (including phenoxy) is 2. The van der Waals surface area contributed by atoms with Crippen molar-refractivity contribution in [2.75, 3.05) is 31.2 Å². The maximum absolute atomic E-state index is 8.82. The molecule has 1 saturated carbocycles. The SMILES string of the molecule is N#Cc1ccc(N2CC3(C2)CC2(C3)OCCCO2)cc1. The zero-order valence-electron chi connectivity index (χ0n) is 11.5. The predicted molar refractivity (Wildman–Crippen MR) is 74.3 cm³/mol. The Hall–Kier alpha value is -1.57. The van der Waals surface area contributed by atoms with Gasteiger partial charge in [-0.3, -0.25) is 0 Å². The molecule has 2 aliphatic heterocycles. The molecule has 3 fully saturated rings. The van der Waals surface area contributed by atoms with Gasteiger partial charge in [0.25, 0.3) is 0 Å². The third-order valence-corrected chi connectivity index (χ3v) is 4.72. The highest BCUT2D eigenvalue weighted by atomic mass is 16.7. The molecule has 0 amide bonds. The maximum atomic E-state index is 8.82. The van der Waals surface area contributed by atoms with Crippen LogP contribution < -0.4 is 4.90 Å². The molecule has 0 N–H and O–H groups in total. The van der Waals surface area contributed by atoms with Gasteiger partial charge in [-0.1, -0.05) is 0 Å². The van der Waals surface area contributed by atoms with Crippen LogP contribution in [0.1, 0.15) is 24.8 Å². The van der Waals surface area contributed by atoms with Crippen molar-refractivity contribution >= 4 is 5.69 Å². The normalized spacial score (nSPS) is 25.9. The minimum Gasteiger partial charge on any atom is -0.370 e. The summed E-state index contributed by atoms with van der Waals surface area (Å²) in [6.45, 7) is 3.84. The smallest absolute Gasteiger partial charge is 0.169 e. The molecule has 0 radical (unpaired) electrons. The van der Waals surface area contributed by atoms with Crippen molar-refractivity contribution in [1.82, 2.24) is 0 Å². The van der Waals surface area contributed by atoms with Crippen molar-refractivity contribution < 1.29 is 9.47 Å². The lowest BCUT2D eigenvalue weighted by molar-refractivity contribution is -0.343. The lowest BCUT2D eigenvalue weighted by Gasteiger charge is -2.64. The van der Waals surface area contributed by atoms with Gasteiger partial charge in [0.05, 0.1) is 24.8 Å². The minimum absolute atomic E-state index is 0.255. The summed E-state index contributed by atoms with van der Waals surface area (Å²) in [5.74, 6) is -0.255. The number of anilines is 1. The van der Waals surface area contributed by atoms with Gasteiger partial charge in [0, 0.05) is 37.0 Å². The Labute approximate surface area is 118 Å². The second-order valence-electron chi connectivity index (χ2n) is 6.33. The Morgan fingerprint density at radius 3 is 2.30 bits per heavy atom. The molecule has 2 saturated heterocycles. The van der Waals surface area contributed by atoms with Gasteiger partial charge in [-0.05, 0) is 30.7 Å². The number of benzene rings is 1. The van der Waals surface area contributed by atoms with Crippen LogP contribution in [-0.4, -0.2) is 32.1 Å². The standard InChI is InChI=1S/C16H18N2O2/c17-8-13-2-4-14(5-3-13)18-11-15(12-18)9-16(10-15)19-6-1-7-20-16/h2-5H,1,6-7,9-12H2. The van der Waals surface area contributed by atoms with Crippen molar-refractivity contribution in [3.8, 4) is 6.07 Å². The predicted octanol–water partition coefficient (Wildman–Crippen LogP) is 2.29. The van der Waals surface area contributed by atoms with Crippen LogP contribution in [-0.2, 0) is 9.47 Å². The zero-order chi connectivity index (χ0) is 13.6. The molecule has 20 heavy (non-hydrogen) atoms. The Bertz CT molecular complexity index is 539. The van der Waals surface area contributed by atoms with Crippen LogP contribution in [0.5, 0.6) is 0 Å². The summed E-state index contributed by atoms with van der Waals surface area (Å²) < 4.78 is 11.7. The number of hydrogen-bond donors (Lipinski definition) is 0. The van der Waals surface area contributed by atoms with Crippen LogP contribution in [0.3, 0.4) is 0 Å². The largest absolute Gasteiger partial charge is 0.370 e. The molecule has 0 bridgehead atoms. The van der Waals surface area contributed by atoms with E-state index in [9.17, 15) is 0 Å². The van der Waals surface area contributed by atoms with E-state index in [4.69, 9.17) is 14.7 Å². The Kier molecular flexibility index (Phi) is 2.57. The van der Waals surface area contributed by atoms with Crippen LogP contribution in [0.25, 0.3) is 0 Å². The molecule has 104 valence electrons. The fourth-order valence-corrected chi connectivity index (χ4v) is 3.83. The molecule has 1 aliphatic carbocycles. The van der Waals surface area contributed by atoms with Gasteiger partial charge >= 0.3 is 0 Å². The summed E-state index contributed by atoms with van der Waals surface area (Å²) in [6.07, 6.45) is 3.09. The summed E-state index contributed by atoms with van der Waals surface area (Å²) in [5, 5.41) is 8.82. The molecule has 0 aromatic heterocycles. The summed E-state index contributed by atoms with van der Waals surface area (Å²) in [4.78, 5) is 2.37. The van der Waals surface area contributed by atoms with Crippen LogP contribution in [0.15, 0.2) is 24.3 Å². The van der Waals surface area contributed by atoms with Crippen LogP contribution >= 0.6 is 0 Å². The van der Waals surface area contributed by atoms with Gasteiger partial charge in [0.2, 0.25) is 0 Å². The van der Waals surface area contributed by atoms with Crippen LogP contribution in [0.4, 0.5) is 5.69 Å². The fourth-order valence-electron chi connectivity index (χ4n) is 3.83. The Morgan fingerprint density at radius 2 is 1.70 bits per heavy atom. The molecule has 1 aromatic carbocycles. The van der Waals surface area contributed by atoms with E-state index in [1.165, 1.54) is 5.69 Å². The summed E-state index contributed by atoms with van der Waals surface area (Å²) in [6, 6.07) is 10.00. The van der Waals surface area contributed by atoms with Gasteiger partial charge in [-0.2, -0.15) is 5.26 Å². The molecule has 4 nitrogen and oxygen atoms in total. The zero-order valence-corrected chi connectivity index (χ0v) is 11.5. The summed E-state index contributed by atoms with van der Waals surface area (Å²) in [7, 11) is 0. The van der Waals surface area contributed by atoms with Crippen molar-refractivity contribution in [1.29, 1.82) is 5.26 Å². The highest BCUT2D eigenvalue weighted by molar-refractivity contribution is 5.53. The van der Waals surface area contributed by atoms with E-state index in [0.717, 1.165) is 51.1 Å². The Morgan fingerprint density at radius 1 is 1.05 bits per heavy atom. The van der Waals surface area contributed by atoms with Crippen molar-refractivity contribution in [3.63, 3.8) is 0 Å². The number of nitrogens with zero attached hydrogens (tertiary/aromatic N) is 2. The van der Waals surface area contributed by atoms with E-state index in [0.29, 0.717) is 5.41 Å². The van der Waals surface area contributed by atoms with Crippen molar-refractivity contribution in [2.45, 2.75) is 25.0 Å². The first-order valence-corrected chi connectivity index (χ1v) is 7.26. The van der Waals surface area contributed by atoms with Gasteiger partial charge in [0.1, 0.15) is 0 Å². The molecule has 0 atom stereocenters. The monoisotopic (exact) mass is 270 g/mol. The average Bonchev–Trinajstić information content (AvgIpc) is 2.43. The quantitative estimate of drug-likeness (QED) is 0.785. The molecule has 0 unspecified atom stereocenters. The van der Waals surface area contributed by atoms with E-state index >= 15 is 0 Å². The first-order chi connectivity index (χ1) is 9.73. The maximum Gasteiger partial charge on any atom is 0.169 e. The number of nitriles is 1. The molecule has 4 rings (SSSR count). The van der Waals surface area contributed by atoms with E-state index < -0.39 is 0 Å². The van der Waals surface area contributed by atoms with Gasteiger partial charge < -0.3 is 14.4 Å². The lowest BCUT2D eigenvalue weighted by atomic mass is 9.59. The molecule has 3 aliphatic rings. The van der Waals surface area contributed by atoms with E-state index in [2.05, 4.69) is 11.0 Å². The molecule has 4 heteroatoms. The molecular weight excluding hydrogens is 252 g/mol. The highest BCUT2D eigenvalue weighted by Gasteiger charge is 2.62. The van der Waals surface area contributed by atoms with Gasteiger partial charge in [-0.25, -0.2) is 0 Å². The fraction of sp³-hybridized carbons (Fsp3) is 0.562. The van der Waals surface area contributed by atoms with E-state index in [1.54, 1.807) is 0 Å². The first kappa shape index (κ1) is 12.2. The average molecular weight is 270 g/mol. The van der Waals surface area contributed by atoms with Gasteiger partial charge in [0.15, 0.2) is 5.79 Å². The minimum atomic E-state index is -0.255. The van der Waals surface area contributed by atoms with E-state index in [-0.39, 0.29) is 5.79 Å². The van der Waals surface area contributed by atoms with E-state index in [1.807, 2.05) is 24.3 Å². The van der Waals surface area contributed by atoms with Crippen LogP contribution in [0.2, 0.25) is 0 Å². The summed E-state index contributed by atoms with van der Waals surface area (Å²) in [5.41, 5.74) is 2.32. The second kappa shape index (κ2) is 4.21. The van der Waals surface area contributed by atoms with Crippen molar-refractivity contribution in [3.05, 3.63) is 29.8 Å². The number of rotatable bonds is 1. The molecule has 2 spiro atoms. The topological polar surface area (TPSA) is 45.5 Å². The molecular formula is C16H18N2O2. The molecule has 1 aromatic rings. The summed E-state index contributed by atoms with van der Waals surface area (Å²) >= 11 is 0. The highest BCUT2D eigenvalue weighted by Crippen LogP contribution is 2.57. The lowest BCUT2D eigenvalue weighted by Crippen LogP contribution is -2.70. The van der Waals surface area contributed by atoms with Crippen molar-refractivity contribution in [2.24, 2.45) is 5.41 Å².